The molecule has 1 heterocycles. The fraction of sp³-hybridized carbons (Fsp3) is 0.250. The largest absolute Gasteiger partial charge is 0.493 e. The van der Waals surface area contributed by atoms with Crippen molar-refractivity contribution >= 4 is 56.2 Å². The van der Waals surface area contributed by atoms with E-state index in [0.717, 1.165) is 24.3 Å². The summed E-state index contributed by atoms with van der Waals surface area (Å²) in [5, 5.41) is 0. The summed E-state index contributed by atoms with van der Waals surface area (Å²) in [4.78, 5) is 26.4. The van der Waals surface area contributed by atoms with Gasteiger partial charge in [0, 0.05) is 27.1 Å². The molecule has 58 heavy (non-hydrogen) atoms. The van der Waals surface area contributed by atoms with Crippen LogP contribution in [0.4, 0.5) is 0 Å². The number of carbonyl (C=O) groups excluding carboxylic acids is 2. The summed E-state index contributed by atoms with van der Waals surface area (Å²) >= 11 is 8.00. The van der Waals surface area contributed by atoms with Crippen molar-refractivity contribution in [1.82, 2.24) is 0 Å². The Balaban J connectivity index is 0.990. The lowest BCUT2D eigenvalue weighted by molar-refractivity contribution is 0.0723. The molecule has 0 aliphatic carbocycles. The molecule has 0 amide bonds. The number of rotatable bonds is 20. The first-order valence-electron chi connectivity index (χ1n) is 18.3. The number of benzene rings is 5. The van der Waals surface area contributed by atoms with Gasteiger partial charge in [-0.05, 0) is 123 Å². The maximum Gasteiger partial charge on any atom is 0.343 e. The van der Waals surface area contributed by atoms with Crippen LogP contribution in [-0.4, -0.2) is 58.4 Å². The fourth-order valence-electron chi connectivity index (χ4n) is 5.19. The van der Waals surface area contributed by atoms with Crippen molar-refractivity contribution in [3.05, 3.63) is 123 Å². The third kappa shape index (κ3) is 12.0. The van der Waals surface area contributed by atoms with E-state index in [1.807, 2.05) is 50.2 Å². The van der Waals surface area contributed by atoms with Crippen LogP contribution >= 0.6 is 34.9 Å². The average molecular weight is 843 g/mol. The molecule has 5 aromatic carbocycles. The van der Waals surface area contributed by atoms with E-state index in [1.165, 1.54) is 22.7 Å². The molecule has 11 nitrogen and oxygen atoms in total. The zero-order valence-corrected chi connectivity index (χ0v) is 34.7. The van der Waals surface area contributed by atoms with Gasteiger partial charge in [0.2, 0.25) is 6.79 Å². The number of carbonyl (C=O) groups is 2. The van der Waals surface area contributed by atoms with Crippen LogP contribution in [0.2, 0.25) is 0 Å². The summed E-state index contributed by atoms with van der Waals surface area (Å²) in [6, 6.07) is 30.9. The van der Waals surface area contributed by atoms with Crippen LogP contribution in [0.5, 0.6) is 46.0 Å². The first-order valence-corrected chi connectivity index (χ1v) is 20.4. The lowest BCUT2D eigenvalue weighted by Crippen LogP contribution is -2.10. The van der Waals surface area contributed by atoms with Gasteiger partial charge in [0.25, 0.3) is 0 Å². The zero-order chi connectivity index (χ0) is 40.9. The topological polar surface area (TPSA) is 117 Å². The van der Waals surface area contributed by atoms with Crippen LogP contribution in [0.15, 0.2) is 109 Å². The van der Waals surface area contributed by atoms with Crippen LogP contribution in [0.3, 0.4) is 0 Å². The Labute approximate surface area is 349 Å². The monoisotopic (exact) mass is 842 g/mol. The Hall–Kier alpha value is -5.51. The molecule has 6 rings (SSSR count). The lowest BCUT2D eigenvalue weighted by Gasteiger charge is -2.12. The molecule has 0 radical (unpaired) electrons. The van der Waals surface area contributed by atoms with Crippen molar-refractivity contribution in [1.29, 1.82) is 0 Å². The molecule has 0 N–H and O–H groups in total. The van der Waals surface area contributed by atoms with Crippen molar-refractivity contribution in [3.8, 4) is 46.0 Å². The number of fused-ring (bicyclic) bond motifs is 1. The summed E-state index contributed by atoms with van der Waals surface area (Å²) in [6.45, 7) is 5.06. The third-order valence-corrected chi connectivity index (χ3v) is 11.4. The molecule has 0 spiro atoms. The van der Waals surface area contributed by atoms with Gasteiger partial charge in [-0.3, -0.25) is 0 Å². The van der Waals surface area contributed by atoms with Crippen molar-refractivity contribution < 1.29 is 52.2 Å². The molecular formula is C44H42O11S3. The number of hydrogen-bond acceptors (Lipinski definition) is 14. The second-order valence-electron chi connectivity index (χ2n) is 12.8. The van der Waals surface area contributed by atoms with Gasteiger partial charge in [-0.1, -0.05) is 12.2 Å². The first kappa shape index (κ1) is 42.1. The van der Waals surface area contributed by atoms with Crippen molar-refractivity contribution in [3.63, 3.8) is 0 Å². The molecule has 0 saturated heterocycles. The van der Waals surface area contributed by atoms with Crippen LogP contribution in [0, 0.1) is 3.14 Å². The average Bonchev–Trinajstić information content (AvgIpc) is 3.65. The molecule has 14 heteroatoms. The number of esters is 2. The summed E-state index contributed by atoms with van der Waals surface area (Å²) in [7, 11) is 3.35. The van der Waals surface area contributed by atoms with E-state index in [1.54, 1.807) is 87.0 Å². The van der Waals surface area contributed by atoms with E-state index in [0.29, 0.717) is 71.4 Å². The Morgan fingerprint density at radius 1 is 0.517 bits per heavy atom. The Morgan fingerprint density at radius 2 is 0.862 bits per heavy atom. The van der Waals surface area contributed by atoms with E-state index < -0.39 is 11.9 Å². The predicted octanol–water partition coefficient (Wildman–Crippen LogP) is 10.9. The molecular weight excluding hydrogens is 801 g/mol. The maximum absolute atomic E-state index is 13.2. The molecule has 0 saturated carbocycles. The van der Waals surface area contributed by atoms with Crippen LogP contribution in [0.25, 0.3) is 9.40 Å². The Bertz CT molecular complexity index is 2300. The molecule has 2 unspecified atom stereocenters. The third-order valence-electron chi connectivity index (χ3n) is 8.72. The van der Waals surface area contributed by atoms with Crippen molar-refractivity contribution in [2.45, 2.75) is 38.9 Å². The molecule has 1 aromatic heterocycles. The first-order chi connectivity index (χ1) is 28.2. The second-order valence-corrected chi connectivity index (χ2v) is 16.0. The summed E-state index contributed by atoms with van der Waals surface area (Å²) in [5.74, 6) is 3.24. The number of ether oxygens (including phenoxy) is 9. The molecule has 302 valence electrons. The van der Waals surface area contributed by atoms with Gasteiger partial charge in [0.1, 0.15) is 49.1 Å². The normalized spacial score (nSPS) is 12.0. The zero-order valence-electron chi connectivity index (χ0n) is 32.3. The Morgan fingerprint density at radius 3 is 1.26 bits per heavy atom. The van der Waals surface area contributed by atoms with Crippen molar-refractivity contribution in [2.24, 2.45) is 0 Å². The van der Waals surface area contributed by atoms with Gasteiger partial charge in [0.15, 0.2) is 0 Å². The Kier molecular flexibility index (Phi) is 15.1. The van der Waals surface area contributed by atoms with Crippen LogP contribution in [-0.2, 0) is 9.47 Å². The minimum atomic E-state index is -0.573. The van der Waals surface area contributed by atoms with E-state index >= 15 is 0 Å². The fourth-order valence-corrected chi connectivity index (χ4v) is 7.75. The van der Waals surface area contributed by atoms with E-state index in [4.69, 9.17) is 54.8 Å². The SMILES string of the molecule is COC(C)CCOc1ccc(OCOc2ccc(C(=O)Oc3ccc(OC(=O)c4ccc(Oc5ccc(OCCC(C)OC)cc5)cc4)c4sc(=S)sc34)cc2)cc1. The maximum atomic E-state index is 13.2. The summed E-state index contributed by atoms with van der Waals surface area (Å²) in [6.07, 6.45) is 1.84. The molecule has 2 atom stereocenters. The minimum Gasteiger partial charge on any atom is -0.493 e. The highest BCUT2D eigenvalue weighted by Crippen LogP contribution is 2.42. The van der Waals surface area contributed by atoms with Crippen LogP contribution < -0.4 is 33.2 Å². The van der Waals surface area contributed by atoms with E-state index in [-0.39, 0.29) is 19.0 Å². The molecule has 0 bridgehead atoms. The number of hydrogen-bond donors (Lipinski definition) is 0. The minimum absolute atomic E-state index is 0.0330. The summed E-state index contributed by atoms with van der Waals surface area (Å²) in [5.41, 5.74) is 0.638. The number of methoxy groups -OCH3 is 2. The van der Waals surface area contributed by atoms with Gasteiger partial charge < -0.3 is 42.6 Å². The van der Waals surface area contributed by atoms with Gasteiger partial charge in [0.05, 0.1) is 45.9 Å². The van der Waals surface area contributed by atoms with Crippen LogP contribution in [0.1, 0.15) is 47.4 Å². The highest BCUT2D eigenvalue weighted by molar-refractivity contribution is 7.77. The molecule has 0 aliphatic heterocycles. The highest BCUT2D eigenvalue weighted by atomic mass is 32.2. The van der Waals surface area contributed by atoms with Gasteiger partial charge in [-0.2, -0.15) is 0 Å². The summed E-state index contributed by atoms with van der Waals surface area (Å²) < 4.78 is 52.6. The molecule has 0 fully saturated rings. The lowest BCUT2D eigenvalue weighted by atomic mass is 10.2. The highest BCUT2D eigenvalue weighted by Gasteiger charge is 2.19. The predicted molar refractivity (Wildman–Crippen MR) is 226 cm³/mol. The van der Waals surface area contributed by atoms with Crippen molar-refractivity contribution in [2.75, 3.05) is 34.2 Å². The van der Waals surface area contributed by atoms with Gasteiger partial charge in [-0.25, -0.2) is 9.59 Å². The smallest absolute Gasteiger partial charge is 0.343 e. The van der Waals surface area contributed by atoms with E-state index in [9.17, 15) is 9.59 Å². The quantitative estimate of drug-likeness (QED) is 0.0315. The van der Waals surface area contributed by atoms with Gasteiger partial charge >= 0.3 is 11.9 Å². The molecule has 6 aromatic rings. The standard InChI is InChI=1S/C44H42O11S3/c1-28(47-3)23-25-49-32-13-15-35(16-14-32)52-27-51-34-9-5-30(6-10-34)42(45)54-38-21-22-39(41-40(38)57-44(56)58-41)55-43(46)31-7-11-36(12-8-31)53-37-19-17-33(18-20-37)50-26-24-29(2)48-4/h5-22,28-29H,23-27H2,1-4H3. The molecule has 0 aliphatic rings. The van der Waals surface area contributed by atoms with E-state index in [2.05, 4.69) is 0 Å². The second kappa shape index (κ2) is 20.8. The van der Waals surface area contributed by atoms with Gasteiger partial charge in [-0.15, -0.1) is 22.7 Å².